The molecule has 8 nitrogen and oxygen atoms in total. The van der Waals surface area contributed by atoms with Gasteiger partial charge in [0.2, 0.25) is 11.6 Å². The van der Waals surface area contributed by atoms with Gasteiger partial charge in [0.15, 0.2) is 4.77 Å². The van der Waals surface area contributed by atoms with Gasteiger partial charge in [-0.05, 0) is 85.0 Å². The highest BCUT2D eigenvalue weighted by atomic mass is 79.9. The van der Waals surface area contributed by atoms with E-state index in [1.54, 1.807) is 87.0 Å². The van der Waals surface area contributed by atoms with Crippen LogP contribution in [0.3, 0.4) is 0 Å². The Morgan fingerprint density at radius 1 is 0.794 bits per heavy atom. The molecule has 172 valence electrons. The molecule has 0 radical (unpaired) electrons. The van der Waals surface area contributed by atoms with Gasteiger partial charge >= 0.3 is 0 Å². The Balaban J connectivity index is 1.94. The topological polar surface area (TPSA) is 90.3 Å². The van der Waals surface area contributed by atoms with Crippen LogP contribution in [-0.4, -0.2) is 28.5 Å². The summed E-state index contributed by atoms with van der Waals surface area (Å²) in [6.07, 6.45) is 0. The minimum absolute atomic E-state index is 0.0680. The lowest BCUT2D eigenvalue weighted by Crippen LogP contribution is -2.23. The summed E-state index contributed by atoms with van der Waals surface area (Å²) < 4.78 is 13.9. The summed E-state index contributed by atoms with van der Waals surface area (Å²) in [6, 6.07) is 20.8. The predicted molar refractivity (Wildman–Crippen MR) is 135 cm³/mol. The number of aromatic nitrogens is 2. The van der Waals surface area contributed by atoms with Crippen LogP contribution in [0.15, 0.2) is 92.3 Å². The van der Waals surface area contributed by atoms with Crippen molar-refractivity contribution in [1.29, 1.82) is 0 Å². The number of hydrogen-bond acceptors (Lipinski definition) is 7. The van der Waals surface area contributed by atoms with Crippen LogP contribution < -0.4 is 15.0 Å². The molecular formula is C24H19BrN4O4S. The molecule has 0 bridgehead atoms. The number of ether oxygens (including phenoxy) is 2. The number of benzene rings is 3. The zero-order chi connectivity index (χ0) is 24.2. The van der Waals surface area contributed by atoms with Gasteiger partial charge < -0.3 is 14.6 Å². The molecule has 0 spiro atoms. The van der Waals surface area contributed by atoms with Crippen molar-refractivity contribution in [3.05, 3.63) is 92.4 Å². The van der Waals surface area contributed by atoms with Crippen molar-refractivity contribution in [2.24, 2.45) is 10.2 Å². The fourth-order valence-electron chi connectivity index (χ4n) is 3.21. The van der Waals surface area contributed by atoms with Crippen LogP contribution in [0.5, 0.6) is 17.4 Å². The highest BCUT2D eigenvalue weighted by Gasteiger charge is 2.19. The summed E-state index contributed by atoms with van der Waals surface area (Å²) >= 11 is 9.03. The summed E-state index contributed by atoms with van der Waals surface area (Å²) in [7, 11) is 3.12. The van der Waals surface area contributed by atoms with E-state index >= 15 is 0 Å². The van der Waals surface area contributed by atoms with Gasteiger partial charge in [-0.25, -0.2) is 0 Å². The van der Waals surface area contributed by atoms with Crippen molar-refractivity contribution >= 4 is 39.5 Å². The number of methoxy groups -OCH3 is 2. The van der Waals surface area contributed by atoms with E-state index in [0.717, 1.165) is 4.47 Å². The Morgan fingerprint density at radius 3 is 1.85 bits per heavy atom. The first-order valence-electron chi connectivity index (χ1n) is 10.00. The lowest BCUT2D eigenvalue weighted by atomic mass is 10.3. The van der Waals surface area contributed by atoms with Crippen LogP contribution in [0.4, 0.5) is 11.4 Å². The van der Waals surface area contributed by atoms with E-state index in [0.29, 0.717) is 28.6 Å². The highest BCUT2D eigenvalue weighted by Crippen LogP contribution is 2.30. The molecule has 4 aromatic rings. The first kappa shape index (κ1) is 23.4. The fraction of sp³-hybridized carbons (Fsp3) is 0.0833. The maximum atomic E-state index is 13.4. The normalized spacial score (nSPS) is 11.0. The second kappa shape index (κ2) is 10.0. The summed E-state index contributed by atoms with van der Waals surface area (Å²) in [6.45, 7) is 0. The number of azo groups is 1. The number of aromatic hydroxyl groups is 1. The van der Waals surface area contributed by atoms with Gasteiger partial charge in [0.1, 0.15) is 11.5 Å². The average molecular weight is 539 g/mol. The molecule has 1 N–H and O–H groups in total. The third-order valence-corrected chi connectivity index (χ3v) is 5.86. The maximum absolute atomic E-state index is 13.4. The highest BCUT2D eigenvalue weighted by molar-refractivity contribution is 9.10. The van der Waals surface area contributed by atoms with Crippen LogP contribution in [0, 0.1) is 4.77 Å². The quantitative estimate of drug-likeness (QED) is 0.231. The van der Waals surface area contributed by atoms with Crippen molar-refractivity contribution in [3.63, 3.8) is 0 Å². The van der Waals surface area contributed by atoms with Gasteiger partial charge in [0.05, 0.1) is 31.3 Å². The standard InChI is InChI=1S/C24H19BrN4O4S/c1-32-19-11-5-16(6-12-19)26-27-21-22(30)28(17-7-3-15(25)4-8-17)24(34)29(23(21)31)18-9-13-20(33-2)14-10-18/h3-14,30H,1-2H3. The van der Waals surface area contributed by atoms with E-state index in [1.165, 1.54) is 9.13 Å². The van der Waals surface area contributed by atoms with Crippen LogP contribution in [0.1, 0.15) is 0 Å². The van der Waals surface area contributed by atoms with E-state index in [4.69, 9.17) is 21.7 Å². The van der Waals surface area contributed by atoms with Crippen LogP contribution in [0.25, 0.3) is 11.4 Å². The van der Waals surface area contributed by atoms with Gasteiger partial charge in [0.25, 0.3) is 5.56 Å². The second-order valence-corrected chi connectivity index (χ2v) is 8.28. The lowest BCUT2D eigenvalue weighted by molar-refractivity contribution is 0.414. The van der Waals surface area contributed by atoms with Crippen LogP contribution in [0.2, 0.25) is 0 Å². The van der Waals surface area contributed by atoms with Crippen molar-refractivity contribution < 1.29 is 14.6 Å². The Morgan fingerprint density at radius 2 is 1.29 bits per heavy atom. The summed E-state index contributed by atoms with van der Waals surface area (Å²) in [4.78, 5) is 13.4. The Kier molecular flexibility index (Phi) is 6.90. The Hall–Kier alpha value is -3.76. The number of halogens is 1. The summed E-state index contributed by atoms with van der Waals surface area (Å²) in [5.74, 6) is 0.869. The molecule has 1 heterocycles. The number of rotatable bonds is 6. The van der Waals surface area contributed by atoms with Crippen molar-refractivity contribution in [2.75, 3.05) is 14.2 Å². The van der Waals surface area contributed by atoms with E-state index in [2.05, 4.69) is 26.2 Å². The zero-order valence-electron chi connectivity index (χ0n) is 18.2. The van der Waals surface area contributed by atoms with Gasteiger partial charge in [-0.15, -0.1) is 5.11 Å². The van der Waals surface area contributed by atoms with Gasteiger partial charge in [-0.1, -0.05) is 15.9 Å². The van der Waals surface area contributed by atoms with E-state index in [9.17, 15) is 9.90 Å². The predicted octanol–water partition coefficient (Wildman–Crippen LogP) is 6.26. The van der Waals surface area contributed by atoms with E-state index < -0.39 is 11.4 Å². The molecular weight excluding hydrogens is 520 g/mol. The molecule has 0 saturated heterocycles. The van der Waals surface area contributed by atoms with E-state index in [-0.39, 0.29) is 10.5 Å². The Labute approximate surface area is 208 Å². The van der Waals surface area contributed by atoms with Crippen molar-refractivity contribution in [1.82, 2.24) is 9.13 Å². The monoisotopic (exact) mass is 538 g/mol. The van der Waals surface area contributed by atoms with Gasteiger partial charge in [-0.2, -0.15) is 5.11 Å². The molecule has 0 aliphatic rings. The minimum Gasteiger partial charge on any atom is -0.497 e. The summed E-state index contributed by atoms with van der Waals surface area (Å²) in [5.41, 5.74) is 0.645. The first-order valence-corrected chi connectivity index (χ1v) is 11.2. The Bertz CT molecular complexity index is 1460. The SMILES string of the molecule is COc1ccc(N=Nc2c(O)n(-c3ccc(Br)cc3)c(=S)n(-c3ccc(OC)cc3)c2=O)cc1. The molecule has 1 aromatic heterocycles. The molecule has 0 unspecified atom stereocenters. The van der Waals surface area contributed by atoms with Crippen molar-refractivity contribution in [2.45, 2.75) is 0 Å². The van der Waals surface area contributed by atoms with E-state index in [1.807, 2.05) is 0 Å². The first-order chi connectivity index (χ1) is 16.4. The van der Waals surface area contributed by atoms with Gasteiger partial charge in [-0.3, -0.25) is 13.9 Å². The van der Waals surface area contributed by atoms with Crippen LogP contribution in [-0.2, 0) is 0 Å². The molecule has 0 saturated carbocycles. The molecule has 10 heteroatoms. The number of hydrogen-bond donors (Lipinski definition) is 1. The lowest BCUT2D eigenvalue weighted by Gasteiger charge is -2.16. The maximum Gasteiger partial charge on any atom is 0.290 e. The van der Waals surface area contributed by atoms with Crippen molar-refractivity contribution in [3.8, 4) is 28.8 Å². The summed E-state index contributed by atoms with van der Waals surface area (Å²) in [5, 5.41) is 19.3. The third-order valence-electron chi connectivity index (χ3n) is 4.97. The van der Waals surface area contributed by atoms with Crippen LogP contribution >= 0.6 is 28.1 Å². The average Bonchev–Trinajstić information content (AvgIpc) is 2.86. The molecule has 0 aliphatic carbocycles. The second-order valence-electron chi connectivity index (χ2n) is 7.00. The minimum atomic E-state index is -0.613. The molecule has 0 atom stereocenters. The zero-order valence-corrected chi connectivity index (χ0v) is 20.6. The van der Waals surface area contributed by atoms with Gasteiger partial charge in [0, 0.05) is 4.47 Å². The fourth-order valence-corrected chi connectivity index (χ4v) is 3.86. The number of nitrogens with zero attached hydrogens (tertiary/aromatic N) is 4. The molecule has 0 amide bonds. The third kappa shape index (κ3) is 4.63. The largest absolute Gasteiger partial charge is 0.497 e. The molecule has 4 rings (SSSR count). The molecule has 3 aromatic carbocycles. The molecule has 0 fully saturated rings. The smallest absolute Gasteiger partial charge is 0.290 e. The molecule has 0 aliphatic heterocycles. The molecule has 34 heavy (non-hydrogen) atoms.